The summed E-state index contributed by atoms with van der Waals surface area (Å²) in [6.45, 7) is 2.25. The number of benzene rings is 3. The van der Waals surface area contributed by atoms with Gasteiger partial charge in [0, 0.05) is 6.07 Å². The van der Waals surface area contributed by atoms with E-state index >= 15 is 0 Å². The molecule has 0 radical (unpaired) electrons. The first-order valence-electron chi connectivity index (χ1n) is 11.4. The van der Waals surface area contributed by atoms with Crippen molar-refractivity contribution in [3.63, 3.8) is 0 Å². The van der Waals surface area contributed by atoms with Crippen molar-refractivity contribution in [3.05, 3.63) is 88.3 Å². The Kier molecular flexibility index (Phi) is 7.73. The van der Waals surface area contributed by atoms with E-state index in [9.17, 15) is 14.4 Å². The van der Waals surface area contributed by atoms with E-state index in [1.807, 2.05) is 6.92 Å². The second-order valence-corrected chi connectivity index (χ2v) is 7.81. The zero-order valence-corrected chi connectivity index (χ0v) is 20.4. The molecule has 0 aliphatic heterocycles. The van der Waals surface area contributed by atoms with Gasteiger partial charge in [-0.3, -0.25) is 4.79 Å². The first kappa shape index (κ1) is 25.3. The molecule has 0 spiro atoms. The van der Waals surface area contributed by atoms with Crippen LogP contribution < -0.4 is 24.4 Å². The van der Waals surface area contributed by atoms with Crippen LogP contribution in [0.2, 0.25) is 0 Å². The summed E-state index contributed by atoms with van der Waals surface area (Å²) in [6, 6.07) is 15.3. The third-order valence-electron chi connectivity index (χ3n) is 5.30. The predicted molar refractivity (Wildman–Crippen MR) is 134 cm³/mol. The summed E-state index contributed by atoms with van der Waals surface area (Å²) >= 11 is 0. The number of ether oxygens (including phenoxy) is 5. The molecule has 1 heterocycles. The van der Waals surface area contributed by atoms with Crippen molar-refractivity contribution in [1.82, 2.24) is 0 Å². The van der Waals surface area contributed by atoms with Gasteiger partial charge in [-0.15, -0.1) is 0 Å². The fraction of sp³-hybridized carbons (Fsp3) is 0.179. The van der Waals surface area contributed by atoms with Gasteiger partial charge in [0.05, 0.1) is 37.3 Å². The van der Waals surface area contributed by atoms with Gasteiger partial charge in [0.1, 0.15) is 23.3 Å². The topological polar surface area (TPSA) is 110 Å². The summed E-state index contributed by atoms with van der Waals surface area (Å²) in [5.41, 5.74) is 0.434. The molecule has 0 saturated heterocycles. The minimum Gasteiger partial charge on any atom is -0.493 e. The van der Waals surface area contributed by atoms with Crippen LogP contribution in [-0.4, -0.2) is 32.8 Å². The van der Waals surface area contributed by atoms with Crippen LogP contribution in [0.15, 0.2) is 76.1 Å². The highest BCUT2D eigenvalue weighted by molar-refractivity contribution is 5.92. The Balaban J connectivity index is 1.49. The van der Waals surface area contributed by atoms with Crippen LogP contribution in [0, 0.1) is 0 Å². The lowest BCUT2D eigenvalue weighted by Crippen LogP contribution is -2.09. The standard InChI is InChI=1S/C28H24O9/c1-4-13-34-27(30)17-5-8-19(9-6-17)36-25-16-35-23-15-20(10-11-21(23)26(25)29)37-28(31)18-7-12-22(32-2)24(14-18)33-3/h5-12,14-16H,4,13H2,1-3H3. The Morgan fingerprint density at radius 1 is 0.784 bits per heavy atom. The van der Waals surface area contributed by atoms with Gasteiger partial charge >= 0.3 is 11.9 Å². The van der Waals surface area contributed by atoms with Gasteiger partial charge in [-0.25, -0.2) is 9.59 Å². The van der Waals surface area contributed by atoms with Gasteiger partial charge < -0.3 is 28.1 Å². The smallest absolute Gasteiger partial charge is 0.343 e. The number of esters is 2. The second kappa shape index (κ2) is 11.3. The Hall–Kier alpha value is -4.79. The Morgan fingerprint density at radius 3 is 2.19 bits per heavy atom. The third kappa shape index (κ3) is 5.72. The summed E-state index contributed by atoms with van der Waals surface area (Å²) in [4.78, 5) is 37.5. The third-order valence-corrected chi connectivity index (χ3v) is 5.30. The number of carbonyl (C=O) groups excluding carboxylic acids is 2. The van der Waals surface area contributed by atoms with Gasteiger partial charge in [0.2, 0.25) is 11.2 Å². The summed E-state index contributed by atoms with van der Waals surface area (Å²) in [5, 5.41) is 0.239. The number of rotatable bonds is 9. The van der Waals surface area contributed by atoms with Crippen LogP contribution in [0.4, 0.5) is 0 Å². The maximum Gasteiger partial charge on any atom is 0.343 e. The van der Waals surface area contributed by atoms with Gasteiger partial charge in [-0.1, -0.05) is 6.92 Å². The molecule has 37 heavy (non-hydrogen) atoms. The molecule has 0 fully saturated rings. The van der Waals surface area contributed by atoms with E-state index in [4.69, 9.17) is 28.1 Å². The van der Waals surface area contributed by atoms with E-state index in [-0.39, 0.29) is 28.0 Å². The first-order valence-corrected chi connectivity index (χ1v) is 11.4. The summed E-state index contributed by atoms with van der Waals surface area (Å²) in [5.74, 6) is 0.318. The SMILES string of the molecule is CCCOC(=O)c1ccc(Oc2coc3cc(OC(=O)c4ccc(OC)c(OC)c4)ccc3c2=O)cc1. The lowest BCUT2D eigenvalue weighted by Gasteiger charge is -2.10. The number of fused-ring (bicyclic) bond motifs is 1. The van der Waals surface area contributed by atoms with Gasteiger partial charge in [-0.05, 0) is 61.0 Å². The highest BCUT2D eigenvalue weighted by atomic mass is 16.5. The number of hydrogen-bond acceptors (Lipinski definition) is 9. The van der Waals surface area contributed by atoms with Crippen LogP contribution in [0.1, 0.15) is 34.1 Å². The molecule has 0 aliphatic rings. The minimum absolute atomic E-state index is 0.0381. The van der Waals surface area contributed by atoms with Crippen molar-refractivity contribution < 1.29 is 37.7 Å². The van der Waals surface area contributed by atoms with E-state index in [1.165, 1.54) is 44.7 Å². The lowest BCUT2D eigenvalue weighted by molar-refractivity contribution is 0.0504. The van der Waals surface area contributed by atoms with Gasteiger partial charge in [-0.2, -0.15) is 0 Å². The number of carbonyl (C=O) groups is 2. The van der Waals surface area contributed by atoms with Crippen molar-refractivity contribution in [2.75, 3.05) is 20.8 Å². The average Bonchev–Trinajstić information content (AvgIpc) is 2.93. The average molecular weight is 504 g/mol. The largest absolute Gasteiger partial charge is 0.493 e. The molecule has 0 bridgehead atoms. The fourth-order valence-corrected chi connectivity index (χ4v) is 3.42. The Bertz CT molecular complexity index is 1490. The molecule has 0 amide bonds. The molecule has 0 unspecified atom stereocenters. The van der Waals surface area contributed by atoms with E-state index in [0.717, 1.165) is 6.42 Å². The van der Waals surface area contributed by atoms with E-state index in [0.29, 0.717) is 29.4 Å². The van der Waals surface area contributed by atoms with Crippen molar-refractivity contribution in [2.24, 2.45) is 0 Å². The van der Waals surface area contributed by atoms with Crippen molar-refractivity contribution in [2.45, 2.75) is 13.3 Å². The molecule has 0 saturated carbocycles. The van der Waals surface area contributed by atoms with Gasteiger partial charge in [0.25, 0.3) is 0 Å². The summed E-state index contributed by atoms with van der Waals surface area (Å²) < 4.78 is 32.2. The predicted octanol–water partition coefficient (Wildman–Crippen LogP) is 5.39. The van der Waals surface area contributed by atoms with Crippen molar-refractivity contribution in [1.29, 1.82) is 0 Å². The Labute approximate surface area is 212 Å². The summed E-state index contributed by atoms with van der Waals surface area (Å²) in [6.07, 6.45) is 1.90. The highest BCUT2D eigenvalue weighted by Gasteiger charge is 2.15. The molecular formula is C28H24O9. The van der Waals surface area contributed by atoms with E-state index in [2.05, 4.69) is 0 Å². The maximum absolute atomic E-state index is 12.9. The maximum atomic E-state index is 12.9. The molecular weight excluding hydrogens is 480 g/mol. The van der Waals surface area contributed by atoms with Crippen LogP contribution >= 0.6 is 0 Å². The summed E-state index contributed by atoms with van der Waals surface area (Å²) in [7, 11) is 2.97. The quantitative estimate of drug-likeness (QED) is 0.219. The molecule has 190 valence electrons. The Morgan fingerprint density at radius 2 is 1.49 bits per heavy atom. The molecule has 0 aliphatic carbocycles. The molecule has 4 aromatic rings. The van der Waals surface area contributed by atoms with Crippen LogP contribution in [0.5, 0.6) is 28.7 Å². The van der Waals surface area contributed by atoms with E-state index in [1.54, 1.807) is 36.4 Å². The normalized spacial score (nSPS) is 10.6. The molecule has 4 rings (SSSR count). The molecule has 9 heteroatoms. The first-order chi connectivity index (χ1) is 17.9. The minimum atomic E-state index is -0.621. The molecule has 0 atom stereocenters. The van der Waals surface area contributed by atoms with Crippen molar-refractivity contribution in [3.8, 4) is 28.7 Å². The van der Waals surface area contributed by atoms with Crippen LogP contribution in [-0.2, 0) is 4.74 Å². The van der Waals surface area contributed by atoms with Crippen molar-refractivity contribution >= 4 is 22.9 Å². The zero-order chi connectivity index (χ0) is 26.4. The van der Waals surface area contributed by atoms with Gasteiger partial charge in [0.15, 0.2) is 11.5 Å². The lowest BCUT2D eigenvalue weighted by atomic mass is 10.2. The highest BCUT2D eigenvalue weighted by Crippen LogP contribution is 2.29. The number of methoxy groups -OCH3 is 2. The fourth-order valence-electron chi connectivity index (χ4n) is 3.42. The van der Waals surface area contributed by atoms with Crippen LogP contribution in [0.25, 0.3) is 11.0 Å². The second-order valence-electron chi connectivity index (χ2n) is 7.81. The molecule has 3 aromatic carbocycles. The van der Waals surface area contributed by atoms with E-state index < -0.39 is 17.4 Å². The molecule has 0 N–H and O–H groups in total. The molecule has 1 aromatic heterocycles. The molecule has 9 nitrogen and oxygen atoms in total. The number of hydrogen-bond donors (Lipinski definition) is 0. The zero-order valence-electron chi connectivity index (χ0n) is 20.4. The monoisotopic (exact) mass is 504 g/mol. The van der Waals surface area contributed by atoms with Crippen LogP contribution in [0.3, 0.4) is 0 Å².